The van der Waals surface area contributed by atoms with Crippen molar-refractivity contribution in [2.45, 2.75) is 24.1 Å². The fraction of sp³-hybridized carbons (Fsp3) is 0.227. The largest absolute Gasteiger partial charge is 0.481 e. The Kier molecular flexibility index (Phi) is 5.26. The third-order valence-electron chi connectivity index (χ3n) is 5.29. The van der Waals surface area contributed by atoms with E-state index in [0.717, 1.165) is 5.56 Å². The number of rotatable bonds is 6. The number of amides is 1. The zero-order chi connectivity index (χ0) is 21.4. The van der Waals surface area contributed by atoms with Crippen LogP contribution in [0.25, 0.3) is 10.9 Å². The van der Waals surface area contributed by atoms with E-state index in [2.05, 4.69) is 12.6 Å². The minimum absolute atomic E-state index is 0.0835. The van der Waals surface area contributed by atoms with E-state index in [4.69, 9.17) is 15.6 Å². The second-order valence-corrected chi connectivity index (χ2v) is 7.90. The van der Waals surface area contributed by atoms with E-state index in [0.29, 0.717) is 34.5 Å². The molecule has 4 rings (SSSR count). The zero-order valence-corrected chi connectivity index (χ0v) is 16.8. The number of fused-ring (bicyclic) bond motifs is 3. The molecule has 8 heteroatoms. The highest BCUT2D eigenvalue weighted by Crippen LogP contribution is 2.44. The Morgan fingerprint density at radius 3 is 2.57 bits per heavy atom. The topological polar surface area (TPSA) is 112 Å². The summed E-state index contributed by atoms with van der Waals surface area (Å²) in [6.45, 7) is -0.138. The highest BCUT2D eigenvalue weighted by atomic mass is 32.1. The fourth-order valence-corrected chi connectivity index (χ4v) is 4.58. The summed E-state index contributed by atoms with van der Waals surface area (Å²) in [5, 5.41) is 9.00. The first-order valence-corrected chi connectivity index (χ1v) is 9.94. The van der Waals surface area contributed by atoms with Crippen molar-refractivity contribution in [1.82, 2.24) is 4.57 Å². The lowest BCUT2D eigenvalue weighted by Gasteiger charge is -2.26. The van der Waals surface area contributed by atoms with Crippen molar-refractivity contribution in [2.75, 3.05) is 6.61 Å². The van der Waals surface area contributed by atoms with E-state index in [-0.39, 0.29) is 12.2 Å². The number of hydrogen-bond acceptors (Lipinski definition) is 5. The smallest absolute Gasteiger partial charge is 0.341 e. The first-order chi connectivity index (χ1) is 14.4. The average Bonchev–Trinajstić information content (AvgIpc) is 3.02. The number of ether oxygens (including phenoxy) is 1. The zero-order valence-electron chi connectivity index (χ0n) is 15.9. The third kappa shape index (κ3) is 3.43. The van der Waals surface area contributed by atoms with E-state index >= 15 is 0 Å². The van der Waals surface area contributed by atoms with E-state index in [1.807, 2.05) is 41.0 Å². The molecule has 1 heterocycles. The maximum atomic E-state index is 13.1. The molecule has 3 N–H and O–H groups in total. The van der Waals surface area contributed by atoms with Gasteiger partial charge in [0.25, 0.3) is 0 Å². The van der Waals surface area contributed by atoms with Gasteiger partial charge < -0.3 is 20.1 Å². The van der Waals surface area contributed by atoms with Gasteiger partial charge in [-0.2, -0.15) is 12.6 Å². The number of nitrogens with zero attached hydrogens (tertiary/aromatic N) is 1. The van der Waals surface area contributed by atoms with Crippen molar-refractivity contribution in [3.8, 4) is 5.75 Å². The van der Waals surface area contributed by atoms with Crippen molar-refractivity contribution in [2.24, 2.45) is 5.73 Å². The Bertz CT molecular complexity index is 1160. The molecule has 7 nitrogen and oxygen atoms in total. The number of Topliss-reactive ketones (excluding diaryl/α,β-unsaturated/α-hetero) is 1. The Morgan fingerprint density at radius 2 is 1.90 bits per heavy atom. The average molecular weight is 424 g/mol. The number of primary amides is 1. The van der Waals surface area contributed by atoms with Crippen molar-refractivity contribution >= 4 is 41.2 Å². The molecule has 154 valence electrons. The highest BCUT2D eigenvalue weighted by molar-refractivity contribution is 7.81. The van der Waals surface area contributed by atoms with Gasteiger partial charge in [0.2, 0.25) is 5.91 Å². The van der Waals surface area contributed by atoms with Crippen LogP contribution in [0.2, 0.25) is 0 Å². The molecule has 1 aliphatic rings. The summed E-state index contributed by atoms with van der Waals surface area (Å²) in [5.41, 5.74) is 8.21. The van der Waals surface area contributed by atoms with E-state index in [1.54, 1.807) is 12.1 Å². The lowest BCUT2D eigenvalue weighted by atomic mass is 9.83. The van der Waals surface area contributed by atoms with Crippen LogP contribution in [0.5, 0.6) is 5.75 Å². The van der Waals surface area contributed by atoms with Crippen molar-refractivity contribution in [1.29, 1.82) is 0 Å². The van der Waals surface area contributed by atoms with E-state index in [9.17, 15) is 14.4 Å². The number of thiol groups is 1. The number of hydrogen-bond donors (Lipinski definition) is 3. The second kappa shape index (κ2) is 7.87. The SMILES string of the molecule is NC(=O)C1c2c(n(Cc3ccccc3)c3cccc(OCC(=O)O)c23)C(=O)CC1S. The molecule has 0 spiro atoms. The monoisotopic (exact) mass is 424 g/mol. The first-order valence-electron chi connectivity index (χ1n) is 9.42. The minimum atomic E-state index is -1.13. The standard InChI is InChI=1S/C22H20N2O5S/c23-22(28)19-16(30)9-14(25)21-20(19)18-13(7-4-8-15(18)29-11-17(26)27)24(21)10-12-5-2-1-3-6-12/h1-8,16,19,30H,9-11H2,(H2,23,28)(H,26,27). The normalized spacial score (nSPS) is 18.2. The summed E-state index contributed by atoms with van der Waals surface area (Å²) >= 11 is 4.47. The van der Waals surface area contributed by atoms with Gasteiger partial charge in [0.05, 0.1) is 17.1 Å². The second-order valence-electron chi connectivity index (χ2n) is 7.24. The van der Waals surface area contributed by atoms with Crippen LogP contribution in [-0.4, -0.2) is 39.2 Å². The summed E-state index contributed by atoms with van der Waals surface area (Å²) in [5.74, 6) is -2.36. The number of carboxylic acid groups (broad SMARTS) is 1. The van der Waals surface area contributed by atoms with Gasteiger partial charge in [-0.25, -0.2) is 4.79 Å². The Balaban J connectivity index is 2.01. The molecule has 0 fully saturated rings. The number of benzene rings is 2. The van der Waals surface area contributed by atoms with Crippen LogP contribution in [0.15, 0.2) is 48.5 Å². The molecular formula is C22H20N2O5S. The van der Waals surface area contributed by atoms with Gasteiger partial charge >= 0.3 is 5.97 Å². The third-order valence-corrected chi connectivity index (χ3v) is 5.77. The van der Waals surface area contributed by atoms with Gasteiger partial charge in [0.1, 0.15) is 5.75 Å². The van der Waals surface area contributed by atoms with Crippen LogP contribution in [0.4, 0.5) is 0 Å². The van der Waals surface area contributed by atoms with Gasteiger partial charge in [-0.15, -0.1) is 0 Å². The number of carbonyl (C=O) groups excluding carboxylic acids is 2. The van der Waals surface area contributed by atoms with Crippen LogP contribution >= 0.6 is 12.6 Å². The highest BCUT2D eigenvalue weighted by Gasteiger charge is 2.41. The first kappa shape index (κ1) is 20.0. The van der Waals surface area contributed by atoms with Gasteiger partial charge in [-0.05, 0) is 17.7 Å². The molecule has 0 aliphatic heterocycles. The van der Waals surface area contributed by atoms with Crippen LogP contribution < -0.4 is 10.5 Å². The summed E-state index contributed by atoms with van der Waals surface area (Å²) in [7, 11) is 0. The molecule has 0 radical (unpaired) electrons. The molecule has 0 saturated heterocycles. The van der Waals surface area contributed by atoms with Gasteiger partial charge in [0, 0.05) is 29.2 Å². The fourth-order valence-electron chi connectivity index (χ4n) is 4.12. The van der Waals surface area contributed by atoms with Crippen LogP contribution in [0.3, 0.4) is 0 Å². The summed E-state index contributed by atoms with van der Waals surface area (Å²) in [6.07, 6.45) is 0.0835. The maximum Gasteiger partial charge on any atom is 0.341 e. The number of aliphatic carboxylic acids is 1. The number of aromatic nitrogens is 1. The molecule has 1 aliphatic carbocycles. The molecular weight excluding hydrogens is 404 g/mol. The van der Waals surface area contributed by atoms with E-state index in [1.165, 1.54) is 0 Å². The summed E-state index contributed by atoms with van der Waals surface area (Å²) < 4.78 is 7.36. The van der Waals surface area contributed by atoms with Crippen LogP contribution in [0, 0.1) is 0 Å². The quantitative estimate of drug-likeness (QED) is 0.527. The Hall–Kier alpha value is -3.26. The van der Waals surface area contributed by atoms with Crippen molar-refractivity contribution in [3.05, 3.63) is 65.4 Å². The lowest BCUT2D eigenvalue weighted by Crippen LogP contribution is -2.35. The Labute approximate surface area is 177 Å². The van der Waals surface area contributed by atoms with Gasteiger partial charge in [-0.3, -0.25) is 9.59 Å². The van der Waals surface area contributed by atoms with Crippen LogP contribution in [-0.2, 0) is 16.1 Å². The molecule has 0 saturated carbocycles. The maximum absolute atomic E-state index is 13.1. The molecule has 1 amide bonds. The molecule has 2 aromatic carbocycles. The Morgan fingerprint density at radius 1 is 1.17 bits per heavy atom. The molecule has 3 aromatic rings. The minimum Gasteiger partial charge on any atom is -0.481 e. The number of nitrogens with two attached hydrogens (primary N) is 1. The molecule has 1 aromatic heterocycles. The van der Waals surface area contributed by atoms with Gasteiger partial charge in [-0.1, -0.05) is 36.4 Å². The van der Waals surface area contributed by atoms with Crippen molar-refractivity contribution in [3.63, 3.8) is 0 Å². The number of carbonyl (C=O) groups is 3. The van der Waals surface area contributed by atoms with Crippen LogP contribution in [0.1, 0.15) is 34.0 Å². The molecule has 0 bridgehead atoms. The summed E-state index contributed by atoms with van der Waals surface area (Å²) in [6, 6.07) is 14.8. The lowest BCUT2D eigenvalue weighted by molar-refractivity contribution is -0.139. The summed E-state index contributed by atoms with van der Waals surface area (Å²) in [4.78, 5) is 36.5. The molecule has 30 heavy (non-hydrogen) atoms. The van der Waals surface area contributed by atoms with Gasteiger partial charge in [0.15, 0.2) is 12.4 Å². The van der Waals surface area contributed by atoms with Crippen molar-refractivity contribution < 1.29 is 24.2 Å². The molecule has 2 unspecified atom stereocenters. The predicted molar refractivity (Wildman–Crippen MR) is 114 cm³/mol. The molecule has 2 atom stereocenters. The van der Waals surface area contributed by atoms with E-state index < -0.39 is 29.7 Å². The number of carboxylic acids is 1. The predicted octanol–water partition coefficient (Wildman–Crippen LogP) is 2.61. The number of ketones is 1.